The molecule has 1 aromatic rings. The third-order valence-electron chi connectivity index (χ3n) is 2.13. The van der Waals surface area contributed by atoms with E-state index in [1.807, 2.05) is 13.0 Å². The first kappa shape index (κ1) is 11.9. The predicted octanol–water partition coefficient (Wildman–Crippen LogP) is 1.91. The second-order valence-electron chi connectivity index (χ2n) is 3.42. The van der Waals surface area contributed by atoms with Crippen LogP contribution in [0.1, 0.15) is 30.0 Å². The SMILES string of the molecule is Cc1cc(C(N)CCC(=O)O)cnc1Cl. The smallest absolute Gasteiger partial charge is 0.303 e. The molecule has 0 amide bonds. The number of nitrogens with two attached hydrogens (primary N) is 1. The Hall–Kier alpha value is -1.13. The lowest BCUT2D eigenvalue weighted by Crippen LogP contribution is -2.12. The van der Waals surface area contributed by atoms with Crippen molar-refractivity contribution in [3.8, 4) is 0 Å². The van der Waals surface area contributed by atoms with Crippen molar-refractivity contribution < 1.29 is 9.90 Å². The Morgan fingerprint density at radius 1 is 1.73 bits per heavy atom. The average Bonchev–Trinajstić information content (AvgIpc) is 2.18. The Kier molecular flexibility index (Phi) is 4.05. The molecular weight excluding hydrogens is 216 g/mol. The monoisotopic (exact) mass is 228 g/mol. The summed E-state index contributed by atoms with van der Waals surface area (Å²) in [5.41, 5.74) is 7.48. The van der Waals surface area contributed by atoms with Crippen LogP contribution >= 0.6 is 11.6 Å². The van der Waals surface area contributed by atoms with Crippen molar-refractivity contribution in [2.24, 2.45) is 5.73 Å². The van der Waals surface area contributed by atoms with Crippen molar-refractivity contribution in [1.29, 1.82) is 0 Å². The number of pyridine rings is 1. The van der Waals surface area contributed by atoms with Gasteiger partial charge in [-0.15, -0.1) is 0 Å². The topological polar surface area (TPSA) is 76.2 Å². The lowest BCUT2D eigenvalue weighted by Gasteiger charge is -2.11. The van der Waals surface area contributed by atoms with Crippen LogP contribution in [0.15, 0.2) is 12.3 Å². The van der Waals surface area contributed by atoms with Crippen LogP contribution in [0.3, 0.4) is 0 Å². The number of hydrogen-bond acceptors (Lipinski definition) is 3. The molecule has 0 aliphatic carbocycles. The fourth-order valence-corrected chi connectivity index (χ4v) is 1.33. The minimum Gasteiger partial charge on any atom is -0.481 e. The normalized spacial score (nSPS) is 12.5. The van der Waals surface area contributed by atoms with Crippen LogP contribution in [-0.4, -0.2) is 16.1 Å². The molecule has 82 valence electrons. The van der Waals surface area contributed by atoms with Crippen LogP contribution in [0.4, 0.5) is 0 Å². The van der Waals surface area contributed by atoms with E-state index >= 15 is 0 Å². The molecule has 15 heavy (non-hydrogen) atoms. The van der Waals surface area contributed by atoms with Crippen LogP contribution in [-0.2, 0) is 4.79 Å². The largest absolute Gasteiger partial charge is 0.481 e. The van der Waals surface area contributed by atoms with E-state index in [9.17, 15) is 4.79 Å². The second kappa shape index (κ2) is 5.09. The van der Waals surface area contributed by atoms with Gasteiger partial charge in [-0.1, -0.05) is 11.6 Å². The Balaban J connectivity index is 2.69. The number of rotatable bonds is 4. The number of carbonyl (C=O) groups is 1. The van der Waals surface area contributed by atoms with Gasteiger partial charge in [-0.3, -0.25) is 4.79 Å². The predicted molar refractivity (Wildman–Crippen MR) is 57.8 cm³/mol. The molecule has 1 unspecified atom stereocenters. The summed E-state index contributed by atoms with van der Waals surface area (Å²) in [4.78, 5) is 14.3. The van der Waals surface area contributed by atoms with Gasteiger partial charge in [0.2, 0.25) is 0 Å². The Morgan fingerprint density at radius 2 is 2.40 bits per heavy atom. The van der Waals surface area contributed by atoms with Gasteiger partial charge in [-0.25, -0.2) is 4.98 Å². The molecule has 1 aromatic heterocycles. The first-order valence-corrected chi connectivity index (χ1v) is 4.98. The summed E-state index contributed by atoms with van der Waals surface area (Å²) in [7, 11) is 0. The summed E-state index contributed by atoms with van der Waals surface area (Å²) >= 11 is 5.77. The molecule has 0 saturated heterocycles. The van der Waals surface area contributed by atoms with Gasteiger partial charge >= 0.3 is 5.97 Å². The van der Waals surface area contributed by atoms with Crippen molar-refractivity contribution in [2.45, 2.75) is 25.8 Å². The van der Waals surface area contributed by atoms with Gasteiger partial charge in [0.25, 0.3) is 0 Å². The summed E-state index contributed by atoms with van der Waals surface area (Å²) in [6, 6.07) is 1.53. The number of aromatic nitrogens is 1. The maximum absolute atomic E-state index is 10.4. The zero-order chi connectivity index (χ0) is 11.4. The highest BCUT2D eigenvalue weighted by molar-refractivity contribution is 6.30. The quantitative estimate of drug-likeness (QED) is 0.772. The van der Waals surface area contributed by atoms with E-state index in [0.29, 0.717) is 11.6 Å². The van der Waals surface area contributed by atoms with Crippen LogP contribution in [0.5, 0.6) is 0 Å². The van der Waals surface area contributed by atoms with Crippen molar-refractivity contribution >= 4 is 17.6 Å². The molecule has 0 saturated carbocycles. The summed E-state index contributed by atoms with van der Waals surface area (Å²) in [6.45, 7) is 1.84. The Morgan fingerprint density at radius 3 is 2.93 bits per heavy atom. The zero-order valence-electron chi connectivity index (χ0n) is 8.40. The molecule has 5 heteroatoms. The molecule has 0 aliphatic heterocycles. The molecule has 0 radical (unpaired) electrons. The fraction of sp³-hybridized carbons (Fsp3) is 0.400. The molecule has 4 nitrogen and oxygen atoms in total. The molecule has 1 rings (SSSR count). The minimum absolute atomic E-state index is 0.0584. The zero-order valence-corrected chi connectivity index (χ0v) is 9.16. The minimum atomic E-state index is -0.843. The number of nitrogens with zero attached hydrogens (tertiary/aromatic N) is 1. The Labute approximate surface area is 93.1 Å². The average molecular weight is 229 g/mol. The van der Waals surface area contributed by atoms with E-state index in [-0.39, 0.29) is 12.5 Å². The molecule has 1 heterocycles. The molecule has 0 bridgehead atoms. The summed E-state index contributed by atoms with van der Waals surface area (Å²) in [5.74, 6) is -0.843. The van der Waals surface area contributed by atoms with Gasteiger partial charge in [0, 0.05) is 18.7 Å². The van der Waals surface area contributed by atoms with Crippen LogP contribution in [0.25, 0.3) is 0 Å². The van der Waals surface area contributed by atoms with E-state index in [1.54, 1.807) is 6.20 Å². The van der Waals surface area contributed by atoms with Crippen molar-refractivity contribution in [3.05, 3.63) is 28.5 Å². The molecule has 0 spiro atoms. The summed E-state index contributed by atoms with van der Waals surface area (Å²) in [6.07, 6.45) is 2.04. The van der Waals surface area contributed by atoms with E-state index in [1.165, 1.54) is 0 Å². The molecule has 0 aliphatic rings. The highest BCUT2D eigenvalue weighted by atomic mass is 35.5. The first-order valence-electron chi connectivity index (χ1n) is 4.60. The van der Waals surface area contributed by atoms with Crippen LogP contribution in [0, 0.1) is 6.92 Å². The number of aliphatic carboxylic acids is 1. The standard InChI is InChI=1S/C10H13ClN2O2/c1-6-4-7(5-13-10(6)11)8(12)2-3-9(14)15/h4-5,8H,2-3,12H2,1H3,(H,14,15). The maximum atomic E-state index is 10.4. The van der Waals surface area contributed by atoms with Crippen molar-refractivity contribution in [1.82, 2.24) is 4.98 Å². The van der Waals surface area contributed by atoms with E-state index in [4.69, 9.17) is 22.4 Å². The van der Waals surface area contributed by atoms with E-state index < -0.39 is 5.97 Å². The molecular formula is C10H13ClN2O2. The van der Waals surface area contributed by atoms with Gasteiger partial charge in [-0.05, 0) is 30.5 Å². The summed E-state index contributed by atoms with van der Waals surface area (Å²) < 4.78 is 0. The van der Waals surface area contributed by atoms with Crippen molar-refractivity contribution in [2.75, 3.05) is 0 Å². The molecule has 0 aromatic carbocycles. The lowest BCUT2D eigenvalue weighted by atomic mass is 10.0. The van der Waals surface area contributed by atoms with E-state index in [0.717, 1.165) is 11.1 Å². The number of carboxylic acids is 1. The molecule has 1 atom stereocenters. The Bertz CT molecular complexity index is 368. The first-order chi connectivity index (χ1) is 7.00. The fourth-order valence-electron chi connectivity index (χ4n) is 1.23. The highest BCUT2D eigenvalue weighted by Crippen LogP contribution is 2.19. The van der Waals surface area contributed by atoms with Crippen molar-refractivity contribution in [3.63, 3.8) is 0 Å². The number of aryl methyl sites for hydroxylation is 1. The molecule has 3 N–H and O–H groups in total. The number of carboxylic acid groups (broad SMARTS) is 1. The third kappa shape index (κ3) is 3.49. The van der Waals surface area contributed by atoms with Gasteiger partial charge in [0.1, 0.15) is 5.15 Å². The van der Waals surface area contributed by atoms with Gasteiger partial charge in [-0.2, -0.15) is 0 Å². The maximum Gasteiger partial charge on any atom is 0.303 e. The van der Waals surface area contributed by atoms with Gasteiger partial charge < -0.3 is 10.8 Å². The third-order valence-corrected chi connectivity index (χ3v) is 2.53. The number of halogens is 1. The highest BCUT2D eigenvalue weighted by Gasteiger charge is 2.10. The second-order valence-corrected chi connectivity index (χ2v) is 3.77. The van der Waals surface area contributed by atoms with Crippen LogP contribution < -0.4 is 5.73 Å². The van der Waals surface area contributed by atoms with Gasteiger partial charge in [0.05, 0.1) is 0 Å². The van der Waals surface area contributed by atoms with Crippen LogP contribution in [0.2, 0.25) is 5.15 Å². The molecule has 0 fully saturated rings. The van der Waals surface area contributed by atoms with Gasteiger partial charge in [0.15, 0.2) is 0 Å². The lowest BCUT2D eigenvalue weighted by molar-refractivity contribution is -0.137. The number of hydrogen-bond donors (Lipinski definition) is 2. The van der Waals surface area contributed by atoms with E-state index in [2.05, 4.69) is 4.98 Å². The summed E-state index contributed by atoms with van der Waals surface area (Å²) in [5, 5.41) is 8.96.